The van der Waals surface area contributed by atoms with E-state index in [9.17, 15) is 10.1 Å². The second-order valence-corrected chi connectivity index (χ2v) is 6.59. The molecule has 0 spiro atoms. The largest absolute Gasteiger partial charge is 0.497 e. The van der Waals surface area contributed by atoms with Crippen molar-refractivity contribution in [3.8, 4) is 5.75 Å². The first kappa shape index (κ1) is 17.3. The van der Waals surface area contributed by atoms with E-state index in [1.54, 1.807) is 25.4 Å². The van der Waals surface area contributed by atoms with Gasteiger partial charge in [0.05, 0.1) is 30.4 Å². The molecule has 1 saturated heterocycles. The van der Waals surface area contributed by atoms with Crippen LogP contribution in [0.3, 0.4) is 0 Å². The maximum atomic E-state index is 10.9. The highest BCUT2D eigenvalue weighted by Gasteiger charge is 2.18. The van der Waals surface area contributed by atoms with E-state index in [0.29, 0.717) is 6.67 Å². The third-order valence-corrected chi connectivity index (χ3v) is 4.98. The number of nitrogens with zero attached hydrogens (tertiary/aromatic N) is 5. The lowest BCUT2D eigenvalue weighted by Gasteiger charge is -2.36. The van der Waals surface area contributed by atoms with Crippen LogP contribution in [0.15, 0.2) is 48.7 Å². The van der Waals surface area contributed by atoms with E-state index in [-0.39, 0.29) is 10.6 Å². The molecule has 1 fully saturated rings. The summed E-state index contributed by atoms with van der Waals surface area (Å²) >= 11 is 0. The Kier molecular flexibility index (Phi) is 4.64. The predicted octanol–water partition coefficient (Wildman–Crippen LogP) is 2.73. The second kappa shape index (κ2) is 7.24. The fraction of sp³-hybridized carbons (Fsp3) is 0.316. The lowest BCUT2D eigenvalue weighted by molar-refractivity contribution is -0.384. The molecule has 2 heterocycles. The summed E-state index contributed by atoms with van der Waals surface area (Å²) in [6, 6.07) is 13.0. The lowest BCUT2D eigenvalue weighted by atomic mass is 10.2. The summed E-state index contributed by atoms with van der Waals surface area (Å²) < 4.78 is 7.12. The van der Waals surface area contributed by atoms with E-state index in [2.05, 4.69) is 27.0 Å². The molecule has 1 aliphatic rings. The third kappa shape index (κ3) is 3.56. The summed E-state index contributed by atoms with van der Waals surface area (Å²) in [6.07, 6.45) is 1.69. The minimum Gasteiger partial charge on any atom is -0.497 e. The van der Waals surface area contributed by atoms with Gasteiger partial charge in [0.1, 0.15) is 5.75 Å². The second-order valence-electron chi connectivity index (χ2n) is 6.59. The van der Waals surface area contributed by atoms with E-state index >= 15 is 0 Å². The van der Waals surface area contributed by atoms with Crippen molar-refractivity contribution in [3.63, 3.8) is 0 Å². The fourth-order valence-corrected chi connectivity index (χ4v) is 3.43. The van der Waals surface area contributed by atoms with Crippen LogP contribution in [0.4, 0.5) is 11.4 Å². The van der Waals surface area contributed by atoms with Crippen LogP contribution < -0.4 is 9.64 Å². The van der Waals surface area contributed by atoms with Crippen molar-refractivity contribution in [2.75, 3.05) is 38.2 Å². The van der Waals surface area contributed by atoms with Crippen molar-refractivity contribution < 1.29 is 9.66 Å². The maximum Gasteiger partial charge on any atom is 0.270 e. The predicted molar refractivity (Wildman–Crippen MR) is 103 cm³/mol. The normalized spacial score (nSPS) is 15.2. The summed E-state index contributed by atoms with van der Waals surface area (Å²) in [7, 11) is 1.67. The monoisotopic (exact) mass is 367 g/mol. The first-order chi connectivity index (χ1) is 13.1. The van der Waals surface area contributed by atoms with Crippen molar-refractivity contribution in [3.05, 3.63) is 58.8 Å². The number of nitro benzene ring substituents is 1. The Balaban J connectivity index is 1.40. The molecule has 0 unspecified atom stereocenters. The number of piperazine rings is 1. The molecule has 2 aromatic carbocycles. The first-order valence-corrected chi connectivity index (χ1v) is 8.85. The number of anilines is 1. The Labute approximate surface area is 156 Å². The summed E-state index contributed by atoms with van der Waals surface area (Å²) in [4.78, 5) is 15.2. The van der Waals surface area contributed by atoms with Crippen molar-refractivity contribution in [2.45, 2.75) is 6.67 Å². The van der Waals surface area contributed by atoms with Gasteiger partial charge in [-0.1, -0.05) is 0 Å². The van der Waals surface area contributed by atoms with Gasteiger partial charge in [0, 0.05) is 49.4 Å². The molecule has 0 saturated carbocycles. The van der Waals surface area contributed by atoms with Gasteiger partial charge >= 0.3 is 0 Å². The Bertz CT molecular complexity index is 946. The molecule has 0 N–H and O–H groups in total. The van der Waals surface area contributed by atoms with Gasteiger partial charge in [-0.15, -0.1) is 0 Å². The minimum atomic E-state index is -0.380. The summed E-state index contributed by atoms with van der Waals surface area (Å²) in [5.74, 6) is 0.864. The van der Waals surface area contributed by atoms with Gasteiger partial charge in [0.15, 0.2) is 0 Å². The molecule has 27 heavy (non-hydrogen) atoms. The molecule has 0 amide bonds. The zero-order valence-electron chi connectivity index (χ0n) is 15.1. The first-order valence-electron chi connectivity index (χ1n) is 8.85. The molecular weight excluding hydrogens is 346 g/mol. The van der Waals surface area contributed by atoms with E-state index in [4.69, 9.17) is 4.74 Å². The Morgan fingerprint density at radius 3 is 2.52 bits per heavy atom. The van der Waals surface area contributed by atoms with Crippen molar-refractivity contribution in [2.24, 2.45) is 0 Å². The molecule has 8 heteroatoms. The third-order valence-electron chi connectivity index (χ3n) is 4.98. The topological polar surface area (TPSA) is 76.7 Å². The van der Waals surface area contributed by atoms with Gasteiger partial charge in [0.2, 0.25) is 0 Å². The number of ether oxygens (including phenoxy) is 1. The number of rotatable bonds is 5. The zero-order chi connectivity index (χ0) is 18.8. The van der Waals surface area contributed by atoms with Gasteiger partial charge in [0.25, 0.3) is 5.69 Å². The van der Waals surface area contributed by atoms with Crippen molar-refractivity contribution >= 4 is 22.3 Å². The number of non-ortho nitro benzene ring substituents is 1. The molecule has 8 nitrogen and oxygen atoms in total. The molecule has 4 rings (SSSR count). The highest BCUT2D eigenvalue weighted by atomic mass is 16.6. The van der Waals surface area contributed by atoms with Crippen LogP contribution in [0.2, 0.25) is 0 Å². The number of fused-ring (bicyclic) bond motifs is 1. The Hall–Kier alpha value is -3.13. The van der Waals surface area contributed by atoms with Crippen LogP contribution in [0.25, 0.3) is 10.9 Å². The molecule has 0 atom stereocenters. The van der Waals surface area contributed by atoms with E-state index < -0.39 is 0 Å². The molecule has 1 aromatic heterocycles. The molecule has 0 radical (unpaired) electrons. The molecule has 3 aromatic rings. The molecular formula is C19H21N5O3. The lowest BCUT2D eigenvalue weighted by Crippen LogP contribution is -2.46. The van der Waals surface area contributed by atoms with Gasteiger partial charge in [-0.2, -0.15) is 5.10 Å². The summed E-state index contributed by atoms with van der Waals surface area (Å²) in [6.45, 7) is 4.42. The van der Waals surface area contributed by atoms with Crippen molar-refractivity contribution in [1.82, 2.24) is 14.7 Å². The highest BCUT2D eigenvalue weighted by Crippen LogP contribution is 2.22. The van der Waals surface area contributed by atoms with Gasteiger partial charge in [-0.3, -0.25) is 19.7 Å². The zero-order valence-corrected chi connectivity index (χ0v) is 15.1. The summed E-state index contributed by atoms with van der Waals surface area (Å²) in [5.41, 5.74) is 2.21. The minimum absolute atomic E-state index is 0.0927. The number of aromatic nitrogens is 2. The van der Waals surface area contributed by atoms with E-state index in [1.165, 1.54) is 11.8 Å². The van der Waals surface area contributed by atoms with Gasteiger partial charge in [-0.05, 0) is 30.3 Å². The average Bonchev–Trinajstić information content (AvgIpc) is 3.11. The van der Waals surface area contributed by atoms with Crippen LogP contribution in [0, 0.1) is 10.1 Å². The molecule has 0 bridgehead atoms. The summed E-state index contributed by atoms with van der Waals surface area (Å²) in [5, 5.41) is 16.1. The maximum absolute atomic E-state index is 10.9. The quantitative estimate of drug-likeness (QED) is 0.510. The van der Waals surface area contributed by atoms with E-state index in [0.717, 1.165) is 42.8 Å². The van der Waals surface area contributed by atoms with Gasteiger partial charge in [-0.25, -0.2) is 0 Å². The van der Waals surface area contributed by atoms with Crippen LogP contribution in [0.1, 0.15) is 0 Å². The van der Waals surface area contributed by atoms with Crippen LogP contribution in [0.5, 0.6) is 5.75 Å². The van der Waals surface area contributed by atoms with Crippen molar-refractivity contribution in [1.29, 1.82) is 0 Å². The standard InChI is InChI=1S/C19H21N5O3/c1-27-18-5-2-16(3-6-18)22-10-8-21(9-11-22)14-23-19-7-4-17(24(25)26)12-15(19)13-20-23/h2-7,12-13H,8-11,14H2,1H3. The molecule has 0 aliphatic carbocycles. The number of hydrogen-bond acceptors (Lipinski definition) is 6. The number of methoxy groups -OCH3 is 1. The number of benzene rings is 2. The van der Waals surface area contributed by atoms with Crippen LogP contribution >= 0.6 is 0 Å². The van der Waals surface area contributed by atoms with Crippen LogP contribution in [-0.2, 0) is 6.67 Å². The Morgan fingerprint density at radius 2 is 1.85 bits per heavy atom. The number of hydrogen-bond donors (Lipinski definition) is 0. The SMILES string of the molecule is COc1ccc(N2CCN(Cn3ncc4cc([N+](=O)[O-])ccc43)CC2)cc1. The Morgan fingerprint density at radius 1 is 1.11 bits per heavy atom. The fourth-order valence-electron chi connectivity index (χ4n) is 3.43. The smallest absolute Gasteiger partial charge is 0.270 e. The average molecular weight is 367 g/mol. The molecule has 140 valence electrons. The van der Waals surface area contributed by atoms with Crippen LogP contribution in [-0.4, -0.2) is 52.9 Å². The molecule has 1 aliphatic heterocycles. The van der Waals surface area contributed by atoms with Gasteiger partial charge < -0.3 is 9.64 Å². The van der Waals surface area contributed by atoms with E-state index in [1.807, 2.05) is 16.8 Å². The number of nitro groups is 1. The highest BCUT2D eigenvalue weighted by molar-refractivity contribution is 5.81.